The number of carbonyl (C=O) groups is 1. The molecule has 2 saturated carbocycles. The first-order valence-corrected chi connectivity index (χ1v) is 11.8. The molecule has 3 N–H and O–H groups in total. The van der Waals surface area contributed by atoms with Gasteiger partial charge in [0.1, 0.15) is 17.4 Å². The molecule has 0 aromatic heterocycles. The molecule has 2 heterocycles. The topological polar surface area (TPSA) is 76.7 Å². The average Bonchev–Trinajstić information content (AvgIpc) is 3.45. The van der Waals surface area contributed by atoms with E-state index in [2.05, 4.69) is 23.5 Å². The third-order valence-electron chi connectivity index (χ3n) is 6.96. The van der Waals surface area contributed by atoms with Crippen LogP contribution in [0.1, 0.15) is 69.9 Å². The summed E-state index contributed by atoms with van der Waals surface area (Å²) in [5, 5.41) is 3.97. The van der Waals surface area contributed by atoms with E-state index in [0.717, 1.165) is 30.8 Å². The molecule has 29 heavy (non-hydrogen) atoms. The summed E-state index contributed by atoms with van der Waals surface area (Å²) in [7, 11) is 0. The molecule has 5 rings (SSSR count). The van der Waals surface area contributed by atoms with Crippen molar-refractivity contribution in [1.29, 1.82) is 0 Å². The summed E-state index contributed by atoms with van der Waals surface area (Å²) in [5.74, 6) is 2.89. The number of nitrogens with two attached hydrogens (primary N) is 1. The van der Waals surface area contributed by atoms with Crippen LogP contribution in [-0.2, 0) is 10.3 Å². The van der Waals surface area contributed by atoms with E-state index < -0.39 is 0 Å². The lowest BCUT2D eigenvalue weighted by molar-refractivity contribution is -0.130. The molecule has 0 bridgehead atoms. The second-order valence-corrected chi connectivity index (χ2v) is 11.2. The maximum atomic E-state index is 12.6. The number of amides is 1. The third kappa shape index (κ3) is 3.33. The van der Waals surface area contributed by atoms with Gasteiger partial charge in [-0.15, -0.1) is 0 Å². The van der Waals surface area contributed by atoms with Crippen molar-refractivity contribution in [3.8, 4) is 5.75 Å². The first kappa shape index (κ1) is 19.3. The molecule has 1 spiro atoms. The van der Waals surface area contributed by atoms with Crippen molar-refractivity contribution in [2.45, 2.75) is 76.5 Å². The number of aliphatic imine (C=N–C) groups is 1. The Hall–Kier alpha value is -1.69. The van der Waals surface area contributed by atoms with E-state index in [1.54, 1.807) is 11.8 Å². The zero-order chi connectivity index (χ0) is 20.4. The van der Waals surface area contributed by atoms with Crippen molar-refractivity contribution in [3.05, 3.63) is 29.3 Å². The van der Waals surface area contributed by atoms with Crippen molar-refractivity contribution in [2.24, 2.45) is 22.1 Å². The van der Waals surface area contributed by atoms with Crippen LogP contribution in [0.2, 0.25) is 0 Å². The van der Waals surface area contributed by atoms with Gasteiger partial charge in [0, 0.05) is 28.7 Å². The third-order valence-corrected chi connectivity index (χ3v) is 7.94. The number of rotatable bonds is 2. The molecule has 2 aliphatic carbocycles. The number of thioether (sulfide) groups is 1. The zero-order valence-electron chi connectivity index (χ0n) is 17.5. The molecule has 1 aromatic rings. The van der Waals surface area contributed by atoms with E-state index in [1.165, 1.54) is 24.0 Å². The van der Waals surface area contributed by atoms with E-state index in [-0.39, 0.29) is 34.9 Å². The van der Waals surface area contributed by atoms with Gasteiger partial charge >= 0.3 is 0 Å². The van der Waals surface area contributed by atoms with Crippen molar-refractivity contribution in [2.75, 3.05) is 5.75 Å². The molecule has 5 nitrogen and oxygen atoms in total. The monoisotopic (exact) mass is 413 g/mol. The fraction of sp³-hybridized carbons (Fsp3) is 0.652. The van der Waals surface area contributed by atoms with Gasteiger partial charge in [-0.25, -0.2) is 4.99 Å². The fourth-order valence-corrected chi connectivity index (χ4v) is 6.14. The summed E-state index contributed by atoms with van der Waals surface area (Å²) in [4.78, 5) is 17.6. The van der Waals surface area contributed by atoms with Crippen molar-refractivity contribution >= 4 is 22.8 Å². The highest BCUT2D eigenvalue weighted by Gasteiger charge is 2.55. The van der Waals surface area contributed by atoms with Gasteiger partial charge in [0.05, 0.1) is 0 Å². The van der Waals surface area contributed by atoms with Crippen molar-refractivity contribution in [1.82, 2.24) is 5.32 Å². The Kier molecular flexibility index (Phi) is 4.43. The molecule has 1 amide bonds. The van der Waals surface area contributed by atoms with E-state index in [0.29, 0.717) is 11.1 Å². The maximum Gasteiger partial charge on any atom is 0.225 e. The minimum Gasteiger partial charge on any atom is -0.490 e. The molecule has 2 fully saturated rings. The second kappa shape index (κ2) is 6.66. The molecule has 4 atom stereocenters. The molecule has 1 unspecified atom stereocenters. The van der Waals surface area contributed by atoms with Crippen LogP contribution in [0.25, 0.3) is 0 Å². The lowest BCUT2D eigenvalue weighted by Gasteiger charge is -2.49. The van der Waals surface area contributed by atoms with E-state index >= 15 is 0 Å². The predicted octanol–water partition coefficient (Wildman–Crippen LogP) is 3.91. The number of fused-ring (bicyclic) bond motifs is 4. The number of nitrogens with zero attached hydrogens (tertiary/aromatic N) is 1. The van der Waals surface area contributed by atoms with Crippen LogP contribution in [-0.4, -0.2) is 29.0 Å². The number of hydrogen-bond donors (Lipinski definition) is 2. The van der Waals surface area contributed by atoms with Crippen LogP contribution in [0.3, 0.4) is 0 Å². The number of ether oxygens (including phenoxy) is 1. The predicted molar refractivity (Wildman–Crippen MR) is 117 cm³/mol. The molecule has 4 aliphatic rings. The molecular weight excluding hydrogens is 382 g/mol. The Morgan fingerprint density at radius 3 is 2.72 bits per heavy atom. The molecule has 0 radical (unpaired) electrons. The smallest absolute Gasteiger partial charge is 0.225 e. The maximum absolute atomic E-state index is 12.6. The Morgan fingerprint density at radius 1 is 1.28 bits per heavy atom. The normalized spacial score (nSPS) is 33.5. The van der Waals surface area contributed by atoms with Gasteiger partial charge < -0.3 is 15.8 Å². The van der Waals surface area contributed by atoms with Crippen LogP contribution in [0.5, 0.6) is 5.75 Å². The lowest BCUT2D eigenvalue weighted by Crippen LogP contribution is -2.55. The molecule has 156 valence electrons. The van der Waals surface area contributed by atoms with Crippen LogP contribution < -0.4 is 15.8 Å². The van der Waals surface area contributed by atoms with Crippen LogP contribution in [0.4, 0.5) is 0 Å². The highest BCUT2D eigenvalue weighted by molar-refractivity contribution is 8.14. The Labute approximate surface area is 177 Å². The molecule has 6 heteroatoms. The first-order valence-electron chi connectivity index (χ1n) is 10.9. The summed E-state index contributed by atoms with van der Waals surface area (Å²) in [5.41, 5.74) is 8.11. The number of carbonyl (C=O) groups excluding carboxylic acids is 1. The Morgan fingerprint density at radius 2 is 2.07 bits per heavy atom. The summed E-state index contributed by atoms with van der Waals surface area (Å²) >= 11 is 1.66. The molecule has 0 saturated heterocycles. The second-order valence-electron chi connectivity index (χ2n) is 10.2. The number of amidine groups is 1. The van der Waals surface area contributed by atoms with Gasteiger partial charge in [0.2, 0.25) is 5.91 Å². The van der Waals surface area contributed by atoms with Gasteiger partial charge in [0.25, 0.3) is 0 Å². The van der Waals surface area contributed by atoms with Gasteiger partial charge in [-0.1, -0.05) is 38.6 Å². The summed E-state index contributed by atoms with van der Waals surface area (Å²) < 4.78 is 6.50. The van der Waals surface area contributed by atoms with Crippen LogP contribution in [0.15, 0.2) is 23.2 Å². The number of nitrogens with one attached hydrogen (secondary N) is 1. The first-order chi connectivity index (χ1) is 13.8. The SMILES string of the molecule is CC(C)(C)C(=O)N[C@@H]1CC[C@@H]2Oc3ccc(C4CC4)cc3C3(CSC(N)=N3)[C@H]2C1. The van der Waals surface area contributed by atoms with E-state index in [9.17, 15) is 4.79 Å². The quantitative estimate of drug-likeness (QED) is 0.771. The van der Waals surface area contributed by atoms with Crippen LogP contribution >= 0.6 is 11.8 Å². The van der Waals surface area contributed by atoms with E-state index in [4.69, 9.17) is 15.5 Å². The zero-order valence-corrected chi connectivity index (χ0v) is 18.3. The molecular formula is C23H31N3O2S. The lowest BCUT2D eigenvalue weighted by atomic mass is 9.67. The number of benzene rings is 1. The number of hydrogen-bond acceptors (Lipinski definition) is 5. The largest absolute Gasteiger partial charge is 0.490 e. The average molecular weight is 414 g/mol. The van der Waals surface area contributed by atoms with Gasteiger partial charge in [0.15, 0.2) is 5.17 Å². The van der Waals surface area contributed by atoms with Gasteiger partial charge in [-0.05, 0) is 55.7 Å². The minimum atomic E-state index is -0.380. The van der Waals surface area contributed by atoms with Gasteiger partial charge in [-0.3, -0.25) is 4.79 Å². The Bertz CT molecular complexity index is 873. The molecule has 1 aromatic carbocycles. The molecule has 2 aliphatic heterocycles. The standard InChI is InChI=1S/C23H31N3O2S/c1-22(2,3)20(27)25-15-7-9-19-17(11-15)23(12-29-21(24)26-23)16-10-14(13-4-5-13)6-8-18(16)28-19/h6,8,10,13,15,17,19H,4-5,7,9,11-12H2,1-3H3,(H2,24,26)(H,25,27)/t15-,17+,19+,23?/m1/s1. The highest BCUT2D eigenvalue weighted by atomic mass is 32.2. The van der Waals surface area contributed by atoms with Crippen molar-refractivity contribution < 1.29 is 9.53 Å². The highest BCUT2D eigenvalue weighted by Crippen LogP contribution is 2.55. The summed E-state index contributed by atoms with van der Waals surface area (Å²) in [6.07, 6.45) is 5.45. The van der Waals surface area contributed by atoms with E-state index in [1.807, 2.05) is 20.8 Å². The van der Waals surface area contributed by atoms with Crippen LogP contribution in [0, 0.1) is 11.3 Å². The fourth-order valence-electron chi connectivity index (χ4n) is 5.11. The minimum absolute atomic E-state index is 0.118. The van der Waals surface area contributed by atoms with Crippen molar-refractivity contribution in [3.63, 3.8) is 0 Å². The Balaban J connectivity index is 1.49. The summed E-state index contributed by atoms with van der Waals surface area (Å²) in [6.45, 7) is 5.90. The van der Waals surface area contributed by atoms with Gasteiger partial charge in [-0.2, -0.15) is 0 Å². The summed E-state index contributed by atoms with van der Waals surface area (Å²) in [6, 6.07) is 6.89.